The van der Waals surface area contributed by atoms with Gasteiger partial charge in [0.1, 0.15) is 5.69 Å². The third kappa shape index (κ3) is 3.31. The van der Waals surface area contributed by atoms with E-state index in [0.717, 1.165) is 5.56 Å². The second-order valence-corrected chi connectivity index (χ2v) is 6.04. The topological polar surface area (TPSA) is 60.3 Å². The summed E-state index contributed by atoms with van der Waals surface area (Å²) in [5, 5.41) is 3.42. The van der Waals surface area contributed by atoms with Gasteiger partial charge in [0.25, 0.3) is 5.91 Å². The summed E-state index contributed by atoms with van der Waals surface area (Å²) in [7, 11) is 1.74. The molecular weight excluding hydrogens is 328 g/mol. The van der Waals surface area contributed by atoms with Crippen LogP contribution in [-0.2, 0) is 11.8 Å². The van der Waals surface area contributed by atoms with Crippen LogP contribution in [0.4, 0.5) is 5.69 Å². The van der Waals surface area contributed by atoms with Gasteiger partial charge in [-0.3, -0.25) is 4.79 Å². The smallest absolute Gasteiger partial charge is 0.355 e. The van der Waals surface area contributed by atoms with Crippen LogP contribution in [0.3, 0.4) is 0 Å². The Labute approximate surface area is 146 Å². The van der Waals surface area contributed by atoms with Crippen molar-refractivity contribution in [2.24, 2.45) is 7.05 Å². The van der Waals surface area contributed by atoms with E-state index in [2.05, 4.69) is 5.32 Å². The van der Waals surface area contributed by atoms with Gasteiger partial charge in [-0.15, -0.1) is 0 Å². The Morgan fingerprint density at radius 1 is 1.25 bits per heavy atom. The average molecular weight is 349 g/mol. The molecule has 1 heterocycles. The number of carbonyl (C=O) groups excluding carboxylic acids is 2. The lowest BCUT2D eigenvalue weighted by molar-refractivity contribution is 0.0514. The summed E-state index contributed by atoms with van der Waals surface area (Å²) in [5.74, 6) is -0.714. The highest BCUT2D eigenvalue weighted by atomic mass is 35.5. The third-order valence-electron chi connectivity index (χ3n) is 4.06. The Morgan fingerprint density at radius 2 is 1.92 bits per heavy atom. The molecule has 0 radical (unpaired) electrons. The van der Waals surface area contributed by atoms with E-state index in [1.54, 1.807) is 44.5 Å². The first-order valence-corrected chi connectivity index (χ1v) is 8.06. The van der Waals surface area contributed by atoms with E-state index < -0.39 is 5.97 Å². The fourth-order valence-corrected chi connectivity index (χ4v) is 2.85. The number of rotatable bonds is 4. The molecule has 0 saturated carbocycles. The number of esters is 1. The molecule has 128 valence electrons. The van der Waals surface area contributed by atoms with Crippen molar-refractivity contribution in [1.29, 1.82) is 0 Å². The standard InChI is InChI=1S/C18H21ClN2O3/c1-6-24-18(23)16-11(3)15(12(4)21(16)5)17(22)20-13-8-7-10(2)14(19)9-13/h7-9H,6H2,1-5H3,(H,20,22). The van der Waals surface area contributed by atoms with Crippen LogP contribution in [0.15, 0.2) is 18.2 Å². The minimum Gasteiger partial charge on any atom is -0.461 e. The maximum Gasteiger partial charge on any atom is 0.355 e. The molecule has 1 amide bonds. The van der Waals surface area contributed by atoms with Crippen LogP contribution in [0.5, 0.6) is 0 Å². The van der Waals surface area contributed by atoms with E-state index in [9.17, 15) is 9.59 Å². The number of carbonyl (C=O) groups is 2. The largest absolute Gasteiger partial charge is 0.461 e. The highest BCUT2D eigenvalue weighted by Crippen LogP contribution is 2.25. The number of hydrogen-bond acceptors (Lipinski definition) is 3. The number of benzene rings is 1. The van der Waals surface area contributed by atoms with E-state index in [4.69, 9.17) is 16.3 Å². The van der Waals surface area contributed by atoms with E-state index in [1.165, 1.54) is 0 Å². The van der Waals surface area contributed by atoms with Gasteiger partial charge in [0.05, 0.1) is 12.2 Å². The van der Waals surface area contributed by atoms with Gasteiger partial charge in [0, 0.05) is 23.5 Å². The highest BCUT2D eigenvalue weighted by molar-refractivity contribution is 6.31. The van der Waals surface area contributed by atoms with Crippen LogP contribution in [0.1, 0.15) is 44.6 Å². The summed E-state index contributed by atoms with van der Waals surface area (Å²) in [4.78, 5) is 24.8. The van der Waals surface area contributed by atoms with E-state index in [0.29, 0.717) is 33.2 Å². The highest BCUT2D eigenvalue weighted by Gasteiger charge is 2.25. The molecule has 2 rings (SSSR count). The van der Waals surface area contributed by atoms with Crippen molar-refractivity contribution < 1.29 is 14.3 Å². The number of halogens is 1. The predicted molar refractivity (Wildman–Crippen MR) is 95.0 cm³/mol. The second kappa shape index (κ2) is 7.09. The fraction of sp³-hybridized carbons (Fsp3) is 0.333. The van der Waals surface area contributed by atoms with E-state index in [-0.39, 0.29) is 12.5 Å². The maximum absolute atomic E-state index is 12.7. The lowest BCUT2D eigenvalue weighted by Crippen LogP contribution is -2.14. The van der Waals surface area contributed by atoms with Gasteiger partial charge in [-0.05, 0) is 51.0 Å². The van der Waals surface area contributed by atoms with Crippen LogP contribution in [0.25, 0.3) is 0 Å². The Balaban J connectivity index is 2.37. The quantitative estimate of drug-likeness (QED) is 0.848. The van der Waals surface area contributed by atoms with Crippen LogP contribution in [0, 0.1) is 20.8 Å². The number of aromatic nitrogens is 1. The molecule has 24 heavy (non-hydrogen) atoms. The van der Waals surface area contributed by atoms with Gasteiger partial charge in [-0.2, -0.15) is 0 Å². The average Bonchev–Trinajstić information content (AvgIpc) is 2.73. The van der Waals surface area contributed by atoms with Crippen LogP contribution < -0.4 is 5.32 Å². The summed E-state index contributed by atoms with van der Waals surface area (Å²) in [6.07, 6.45) is 0. The molecule has 2 aromatic rings. The fourth-order valence-electron chi connectivity index (χ4n) is 2.67. The van der Waals surface area contributed by atoms with Crippen molar-refractivity contribution in [2.75, 3.05) is 11.9 Å². The Kier molecular flexibility index (Phi) is 5.34. The van der Waals surface area contributed by atoms with Crippen LogP contribution in [-0.4, -0.2) is 23.1 Å². The Hall–Kier alpha value is -2.27. The summed E-state index contributed by atoms with van der Waals surface area (Å²) >= 11 is 6.09. The van der Waals surface area contributed by atoms with Crippen molar-refractivity contribution >= 4 is 29.2 Å². The molecule has 0 spiro atoms. The minimum atomic E-state index is -0.432. The summed E-state index contributed by atoms with van der Waals surface area (Å²) < 4.78 is 6.76. The molecule has 0 fully saturated rings. The molecule has 0 aliphatic rings. The molecule has 0 atom stereocenters. The van der Waals surface area contributed by atoms with Crippen molar-refractivity contribution in [3.05, 3.63) is 51.3 Å². The maximum atomic E-state index is 12.7. The first kappa shape index (κ1) is 18.1. The van der Waals surface area contributed by atoms with Gasteiger partial charge >= 0.3 is 5.97 Å². The number of amides is 1. The first-order valence-electron chi connectivity index (χ1n) is 7.68. The molecule has 0 aliphatic heterocycles. The van der Waals surface area contributed by atoms with Gasteiger partial charge in [0.2, 0.25) is 0 Å². The summed E-state index contributed by atoms with van der Waals surface area (Å²) in [6, 6.07) is 5.33. The zero-order chi connectivity index (χ0) is 18.0. The van der Waals surface area contributed by atoms with Crippen LogP contribution in [0.2, 0.25) is 5.02 Å². The molecular formula is C18H21ClN2O3. The summed E-state index contributed by atoms with van der Waals surface area (Å²) in [5.41, 5.74) is 3.70. The number of nitrogens with zero attached hydrogens (tertiary/aromatic N) is 1. The summed E-state index contributed by atoms with van der Waals surface area (Å²) in [6.45, 7) is 7.47. The second-order valence-electron chi connectivity index (χ2n) is 5.63. The molecule has 1 N–H and O–H groups in total. The first-order chi connectivity index (χ1) is 11.3. The van der Waals surface area contributed by atoms with Gasteiger partial charge in [-0.1, -0.05) is 17.7 Å². The zero-order valence-electron chi connectivity index (χ0n) is 14.5. The normalized spacial score (nSPS) is 10.6. The van der Waals surface area contributed by atoms with Gasteiger partial charge < -0.3 is 14.6 Å². The SMILES string of the molecule is CCOC(=O)c1c(C)c(C(=O)Nc2ccc(C)c(Cl)c2)c(C)n1C. The number of anilines is 1. The molecule has 6 heteroatoms. The van der Waals surface area contributed by atoms with Crippen molar-refractivity contribution in [2.45, 2.75) is 27.7 Å². The van der Waals surface area contributed by atoms with E-state index >= 15 is 0 Å². The molecule has 5 nitrogen and oxygen atoms in total. The number of hydrogen-bond donors (Lipinski definition) is 1. The van der Waals surface area contributed by atoms with Gasteiger partial charge in [0.15, 0.2) is 0 Å². The number of nitrogens with one attached hydrogen (secondary N) is 1. The molecule has 1 aromatic carbocycles. The van der Waals surface area contributed by atoms with Crippen molar-refractivity contribution in [3.63, 3.8) is 0 Å². The molecule has 0 saturated heterocycles. The van der Waals surface area contributed by atoms with Crippen LogP contribution >= 0.6 is 11.6 Å². The van der Waals surface area contributed by atoms with Gasteiger partial charge in [-0.25, -0.2) is 4.79 Å². The molecule has 0 aliphatic carbocycles. The number of aryl methyl sites for hydroxylation is 1. The lowest BCUT2D eigenvalue weighted by atomic mass is 10.1. The minimum absolute atomic E-state index is 0.281. The monoisotopic (exact) mass is 348 g/mol. The molecule has 1 aromatic heterocycles. The van der Waals surface area contributed by atoms with Crippen molar-refractivity contribution in [3.8, 4) is 0 Å². The van der Waals surface area contributed by atoms with Crippen molar-refractivity contribution in [1.82, 2.24) is 4.57 Å². The molecule has 0 unspecified atom stereocenters. The van der Waals surface area contributed by atoms with E-state index in [1.807, 2.05) is 13.0 Å². The Bertz CT molecular complexity index is 809. The lowest BCUT2D eigenvalue weighted by Gasteiger charge is -2.08. The molecule has 0 bridgehead atoms. The number of ether oxygens (including phenoxy) is 1. The zero-order valence-corrected chi connectivity index (χ0v) is 15.2. The Morgan fingerprint density at radius 3 is 2.50 bits per heavy atom. The predicted octanol–water partition coefficient (Wildman–Crippen LogP) is 4.03. The third-order valence-corrected chi connectivity index (χ3v) is 4.46.